The lowest BCUT2D eigenvalue weighted by Crippen LogP contribution is -2.25. The third-order valence-corrected chi connectivity index (χ3v) is 4.65. The maximum absolute atomic E-state index is 12.9. The van der Waals surface area contributed by atoms with Gasteiger partial charge in [-0.25, -0.2) is 13.1 Å². The van der Waals surface area contributed by atoms with Crippen molar-refractivity contribution in [2.45, 2.75) is 13.5 Å². The minimum atomic E-state index is -3.60. The van der Waals surface area contributed by atoms with E-state index in [0.29, 0.717) is 5.69 Å². The summed E-state index contributed by atoms with van der Waals surface area (Å²) in [6.45, 7) is 1.53. The number of amides is 2. The van der Waals surface area contributed by atoms with Crippen molar-refractivity contribution in [3.63, 3.8) is 0 Å². The van der Waals surface area contributed by atoms with Gasteiger partial charge in [-0.15, -0.1) is 0 Å². The van der Waals surface area contributed by atoms with Crippen LogP contribution in [0, 0.1) is 0 Å². The molecule has 9 nitrogen and oxygen atoms in total. The highest BCUT2D eigenvalue weighted by Crippen LogP contribution is 2.22. The van der Waals surface area contributed by atoms with Crippen LogP contribution in [-0.4, -0.2) is 36.3 Å². The number of para-hydroxylation sites is 1. The normalized spacial score (nSPS) is 11.0. The van der Waals surface area contributed by atoms with E-state index in [1.807, 2.05) is 24.3 Å². The summed E-state index contributed by atoms with van der Waals surface area (Å²) < 4.78 is 27.4. The number of nitrogens with zero attached hydrogens (tertiary/aromatic N) is 2. The van der Waals surface area contributed by atoms with E-state index in [1.165, 1.54) is 25.1 Å². The molecule has 1 aromatic heterocycles. The Morgan fingerprint density at radius 2 is 1.87 bits per heavy atom. The molecule has 2 amide bonds. The molecule has 1 heterocycles. The fourth-order valence-electron chi connectivity index (χ4n) is 2.87. The number of aromatic nitrogens is 2. The zero-order valence-corrected chi connectivity index (χ0v) is 17.2. The Balaban J connectivity index is 1.86. The molecule has 0 aliphatic rings. The van der Waals surface area contributed by atoms with Gasteiger partial charge in [0.25, 0.3) is 5.91 Å². The van der Waals surface area contributed by atoms with Gasteiger partial charge in [-0.3, -0.25) is 14.3 Å². The second-order valence-corrected chi connectivity index (χ2v) is 8.33. The summed E-state index contributed by atoms with van der Waals surface area (Å²) in [5.41, 5.74) is 2.21. The Bertz CT molecular complexity index is 1170. The molecule has 156 valence electrons. The van der Waals surface area contributed by atoms with Crippen molar-refractivity contribution in [3.8, 4) is 5.69 Å². The summed E-state index contributed by atoms with van der Waals surface area (Å²) in [5.74, 6) is -0.804. The van der Waals surface area contributed by atoms with Gasteiger partial charge in [0.1, 0.15) is 0 Å². The molecule has 3 rings (SSSR count). The van der Waals surface area contributed by atoms with Crippen LogP contribution in [0.3, 0.4) is 0 Å². The number of anilines is 2. The number of rotatable bonds is 7. The van der Waals surface area contributed by atoms with Crippen molar-refractivity contribution in [2.75, 3.05) is 16.3 Å². The van der Waals surface area contributed by atoms with Crippen LogP contribution in [0.15, 0.2) is 60.9 Å². The molecule has 3 N–H and O–H groups in total. The summed E-state index contributed by atoms with van der Waals surface area (Å²) in [4.78, 5) is 24.2. The summed E-state index contributed by atoms with van der Waals surface area (Å²) in [6, 6.07) is 13.6. The van der Waals surface area contributed by atoms with Crippen molar-refractivity contribution in [3.05, 3.63) is 72.1 Å². The van der Waals surface area contributed by atoms with E-state index in [1.54, 1.807) is 23.1 Å². The van der Waals surface area contributed by atoms with Crippen molar-refractivity contribution in [1.29, 1.82) is 0 Å². The Morgan fingerprint density at radius 3 is 2.53 bits per heavy atom. The molecule has 0 saturated heterocycles. The van der Waals surface area contributed by atoms with Crippen LogP contribution in [0.5, 0.6) is 0 Å². The minimum absolute atomic E-state index is 0.0863. The van der Waals surface area contributed by atoms with Crippen molar-refractivity contribution in [2.24, 2.45) is 0 Å². The van der Waals surface area contributed by atoms with Crippen LogP contribution in [0.4, 0.5) is 11.4 Å². The molecule has 0 aliphatic carbocycles. The average Bonchev–Trinajstić information content (AvgIpc) is 3.20. The lowest BCUT2D eigenvalue weighted by Gasteiger charge is -2.14. The summed E-state index contributed by atoms with van der Waals surface area (Å²) in [7, 11) is -3.60. The van der Waals surface area contributed by atoms with Crippen molar-refractivity contribution in [1.82, 2.24) is 15.1 Å². The highest BCUT2D eigenvalue weighted by molar-refractivity contribution is 7.92. The van der Waals surface area contributed by atoms with Gasteiger partial charge >= 0.3 is 0 Å². The fraction of sp³-hybridized carbons (Fsp3) is 0.150. The third-order valence-electron chi connectivity index (χ3n) is 4.06. The van der Waals surface area contributed by atoms with E-state index in [0.717, 1.165) is 17.5 Å². The van der Waals surface area contributed by atoms with Gasteiger partial charge in [-0.2, -0.15) is 5.10 Å². The summed E-state index contributed by atoms with van der Waals surface area (Å²) >= 11 is 0. The van der Waals surface area contributed by atoms with E-state index < -0.39 is 15.9 Å². The number of hydrogen-bond donors (Lipinski definition) is 3. The zero-order chi connectivity index (χ0) is 21.7. The molecular weight excluding hydrogens is 406 g/mol. The maximum Gasteiger partial charge on any atom is 0.253 e. The third kappa shape index (κ3) is 5.45. The molecule has 3 aromatic rings. The number of carbonyl (C=O) groups is 2. The Morgan fingerprint density at radius 1 is 1.10 bits per heavy atom. The smallest absolute Gasteiger partial charge is 0.253 e. The molecular formula is C20H21N5O4S. The average molecular weight is 427 g/mol. The van der Waals surface area contributed by atoms with E-state index in [9.17, 15) is 18.0 Å². The SMILES string of the molecule is CC(=O)Nc1ccc(NS(C)(=O)=O)c(C(=O)NCc2ccccc2-n2cccn2)c1. The standard InChI is InChI=1S/C20H21N5O4S/c1-14(26)23-16-8-9-18(24-30(2,28)29)17(12-16)20(27)21-13-15-6-3-4-7-19(15)25-11-5-10-22-25/h3-12,24H,13H2,1-2H3,(H,21,27)(H,23,26). The molecule has 0 bridgehead atoms. The van der Waals surface area contributed by atoms with Gasteiger partial charge in [0, 0.05) is 31.5 Å². The molecule has 0 atom stereocenters. The molecule has 0 unspecified atom stereocenters. The van der Waals surface area contributed by atoms with Crippen LogP contribution in [0.25, 0.3) is 5.69 Å². The summed E-state index contributed by atoms with van der Waals surface area (Å²) in [6.07, 6.45) is 4.45. The molecule has 2 aromatic carbocycles. The predicted octanol–water partition coefficient (Wildman–Crippen LogP) is 2.13. The van der Waals surface area contributed by atoms with Gasteiger partial charge < -0.3 is 10.6 Å². The van der Waals surface area contributed by atoms with Gasteiger partial charge in [0.15, 0.2) is 0 Å². The van der Waals surface area contributed by atoms with Gasteiger partial charge in [0.2, 0.25) is 15.9 Å². The molecule has 0 aliphatic heterocycles. The zero-order valence-electron chi connectivity index (χ0n) is 16.4. The largest absolute Gasteiger partial charge is 0.348 e. The lowest BCUT2D eigenvalue weighted by molar-refractivity contribution is -0.114. The van der Waals surface area contributed by atoms with E-state index in [2.05, 4.69) is 20.5 Å². The Hall–Kier alpha value is -3.66. The van der Waals surface area contributed by atoms with Gasteiger partial charge in [-0.05, 0) is 35.9 Å². The fourth-order valence-corrected chi connectivity index (χ4v) is 3.45. The Kier molecular flexibility index (Phi) is 6.17. The van der Waals surface area contributed by atoms with Crippen LogP contribution < -0.4 is 15.4 Å². The highest BCUT2D eigenvalue weighted by Gasteiger charge is 2.16. The minimum Gasteiger partial charge on any atom is -0.348 e. The van der Waals surface area contributed by atoms with E-state index in [-0.39, 0.29) is 23.7 Å². The predicted molar refractivity (Wildman–Crippen MR) is 114 cm³/mol. The van der Waals surface area contributed by atoms with Crippen LogP contribution >= 0.6 is 0 Å². The molecule has 30 heavy (non-hydrogen) atoms. The molecule has 0 fully saturated rings. The first-order chi connectivity index (χ1) is 14.2. The summed E-state index contributed by atoms with van der Waals surface area (Å²) in [5, 5.41) is 9.59. The first-order valence-electron chi connectivity index (χ1n) is 8.98. The van der Waals surface area contributed by atoms with Gasteiger partial charge in [0.05, 0.1) is 23.2 Å². The van der Waals surface area contributed by atoms with Crippen LogP contribution in [0.2, 0.25) is 0 Å². The maximum atomic E-state index is 12.9. The number of nitrogens with one attached hydrogen (secondary N) is 3. The van der Waals surface area contributed by atoms with E-state index in [4.69, 9.17) is 0 Å². The number of carbonyl (C=O) groups excluding carboxylic acids is 2. The number of sulfonamides is 1. The monoisotopic (exact) mass is 427 g/mol. The highest BCUT2D eigenvalue weighted by atomic mass is 32.2. The molecule has 0 saturated carbocycles. The molecule has 0 spiro atoms. The molecule has 0 radical (unpaired) electrons. The van der Waals surface area contributed by atoms with Crippen LogP contribution in [-0.2, 0) is 21.4 Å². The second-order valence-electron chi connectivity index (χ2n) is 6.58. The molecule has 10 heteroatoms. The number of hydrogen-bond acceptors (Lipinski definition) is 5. The number of benzene rings is 2. The lowest BCUT2D eigenvalue weighted by atomic mass is 10.1. The van der Waals surface area contributed by atoms with Crippen LogP contribution in [0.1, 0.15) is 22.8 Å². The van der Waals surface area contributed by atoms with Gasteiger partial charge in [-0.1, -0.05) is 18.2 Å². The second kappa shape index (κ2) is 8.78. The van der Waals surface area contributed by atoms with Crippen molar-refractivity contribution >= 4 is 33.2 Å². The van der Waals surface area contributed by atoms with Crippen molar-refractivity contribution < 1.29 is 18.0 Å². The topological polar surface area (TPSA) is 122 Å². The Labute approximate surface area is 174 Å². The first-order valence-corrected chi connectivity index (χ1v) is 10.9. The van der Waals surface area contributed by atoms with E-state index >= 15 is 0 Å². The first kappa shape index (κ1) is 21.1. The quantitative estimate of drug-likeness (QED) is 0.533.